The van der Waals surface area contributed by atoms with E-state index in [0.29, 0.717) is 10.2 Å². The highest BCUT2D eigenvalue weighted by molar-refractivity contribution is 9.10. The Kier molecular flexibility index (Phi) is 5.10. The van der Waals surface area contributed by atoms with Gasteiger partial charge in [0.25, 0.3) is 6.43 Å². The van der Waals surface area contributed by atoms with Crippen LogP contribution in [0.15, 0.2) is 4.47 Å². The molecular weight excluding hydrogens is 416 g/mol. The quantitative estimate of drug-likeness (QED) is 0.671. The third-order valence-corrected chi connectivity index (χ3v) is 8.21. The van der Waals surface area contributed by atoms with E-state index in [-0.39, 0.29) is 29.6 Å². The topological polar surface area (TPSA) is 46.9 Å². The fourth-order valence-corrected chi connectivity index (χ4v) is 6.97. The number of nitrogens with one attached hydrogen (secondary N) is 1. The molecule has 4 bridgehead atoms. The van der Waals surface area contributed by atoms with Gasteiger partial charge in [-0.15, -0.1) is 0 Å². The minimum atomic E-state index is -2.65. The van der Waals surface area contributed by atoms with Crippen molar-refractivity contribution in [1.82, 2.24) is 15.1 Å². The molecule has 5 rings (SSSR count). The molecule has 1 amide bonds. The SMILES string of the molecule is CC[C@@H](NC(=O)Cn1nc(C(F)F)c(Br)c1C)C12CC3CC(CC(C3)C1)C2. The van der Waals surface area contributed by atoms with Crippen LogP contribution in [-0.4, -0.2) is 21.7 Å². The molecular formula is C20H28BrF2N3O. The minimum Gasteiger partial charge on any atom is -0.351 e. The molecule has 0 aliphatic heterocycles. The van der Waals surface area contributed by atoms with Gasteiger partial charge in [-0.3, -0.25) is 9.48 Å². The predicted octanol–water partition coefficient (Wildman–Crippen LogP) is 5.00. The van der Waals surface area contributed by atoms with Crippen LogP contribution in [0.2, 0.25) is 0 Å². The highest BCUT2D eigenvalue weighted by atomic mass is 79.9. The first-order valence-corrected chi connectivity index (χ1v) is 10.9. The average Bonchev–Trinajstić information content (AvgIpc) is 2.87. The van der Waals surface area contributed by atoms with Gasteiger partial charge in [-0.2, -0.15) is 5.10 Å². The molecule has 4 nitrogen and oxygen atoms in total. The molecule has 7 heteroatoms. The van der Waals surface area contributed by atoms with E-state index in [2.05, 4.69) is 33.3 Å². The Balaban J connectivity index is 1.46. The molecule has 150 valence electrons. The van der Waals surface area contributed by atoms with Crippen molar-refractivity contribution < 1.29 is 13.6 Å². The fraction of sp³-hybridized carbons (Fsp3) is 0.800. The number of carbonyl (C=O) groups excluding carboxylic acids is 1. The Morgan fingerprint density at radius 2 is 1.81 bits per heavy atom. The van der Waals surface area contributed by atoms with Crippen LogP contribution in [-0.2, 0) is 11.3 Å². The zero-order valence-corrected chi connectivity index (χ0v) is 17.6. The zero-order chi connectivity index (χ0) is 19.3. The Morgan fingerprint density at radius 1 is 1.26 bits per heavy atom. The van der Waals surface area contributed by atoms with Crippen LogP contribution in [0.5, 0.6) is 0 Å². The maximum atomic E-state index is 13.0. The van der Waals surface area contributed by atoms with Crippen molar-refractivity contribution in [3.05, 3.63) is 15.9 Å². The van der Waals surface area contributed by atoms with Crippen LogP contribution in [0.25, 0.3) is 0 Å². The number of nitrogens with zero attached hydrogens (tertiary/aromatic N) is 2. The molecule has 0 aromatic carbocycles. The third-order valence-electron chi connectivity index (χ3n) is 7.23. The van der Waals surface area contributed by atoms with Gasteiger partial charge < -0.3 is 5.32 Å². The van der Waals surface area contributed by atoms with Gasteiger partial charge in [0.15, 0.2) is 0 Å². The van der Waals surface area contributed by atoms with Crippen molar-refractivity contribution in [3.63, 3.8) is 0 Å². The van der Waals surface area contributed by atoms with Crippen molar-refractivity contribution in [1.29, 1.82) is 0 Å². The zero-order valence-electron chi connectivity index (χ0n) is 16.0. The van der Waals surface area contributed by atoms with E-state index in [1.807, 2.05) is 0 Å². The maximum Gasteiger partial charge on any atom is 0.283 e. The van der Waals surface area contributed by atoms with Crippen LogP contribution in [0.4, 0.5) is 8.78 Å². The highest BCUT2D eigenvalue weighted by Crippen LogP contribution is 2.61. The molecule has 27 heavy (non-hydrogen) atoms. The number of rotatable bonds is 6. The van der Waals surface area contributed by atoms with E-state index in [0.717, 1.165) is 24.2 Å². The van der Waals surface area contributed by atoms with Crippen molar-refractivity contribution in [3.8, 4) is 0 Å². The van der Waals surface area contributed by atoms with E-state index in [4.69, 9.17) is 0 Å². The van der Waals surface area contributed by atoms with E-state index in [1.165, 1.54) is 43.2 Å². The normalized spacial score (nSPS) is 32.9. The summed E-state index contributed by atoms with van der Waals surface area (Å²) >= 11 is 3.17. The number of carbonyl (C=O) groups is 1. The third kappa shape index (κ3) is 3.45. The van der Waals surface area contributed by atoms with Gasteiger partial charge >= 0.3 is 0 Å². The summed E-state index contributed by atoms with van der Waals surface area (Å²) in [6.45, 7) is 3.83. The van der Waals surface area contributed by atoms with Gasteiger partial charge in [-0.05, 0) is 91.0 Å². The molecule has 4 aliphatic rings. The van der Waals surface area contributed by atoms with Crippen LogP contribution in [0, 0.1) is 30.1 Å². The second kappa shape index (κ2) is 7.12. The van der Waals surface area contributed by atoms with Gasteiger partial charge in [0.1, 0.15) is 12.2 Å². The Morgan fingerprint density at radius 3 is 2.26 bits per heavy atom. The monoisotopic (exact) mass is 443 g/mol. The van der Waals surface area contributed by atoms with Crippen molar-refractivity contribution in [2.75, 3.05) is 0 Å². The minimum absolute atomic E-state index is 0.0139. The van der Waals surface area contributed by atoms with Crippen molar-refractivity contribution >= 4 is 21.8 Å². The lowest BCUT2D eigenvalue weighted by Gasteiger charge is -2.59. The maximum absolute atomic E-state index is 13.0. The Labute approximate surface area is 167 Å². The lowest BCUT2D eigenvalue weighted by molar-refractivity contribution is -0.127. The molecule has 0 spiro atoms. The van der Waals surface area contributed by atoms with Gasteiger partial charge in [-0.25, -0.2) is 8.78 Å². The van der Waals surface area contributed by atoms with Gasteiger partial charge in [-0.1, -0.05) is 6.92 Å². The molecule has 1 aromatic rings. The van der Waals surface area contributed by atoms with Crippen molar-refractivity contribution in [2.24, 2.45) is 23.2 Å². The number of alkyl halides is 2. The molecule has 1 heterocycles. The lowest BCUT2D eigenvalue weighted by atomic mass is 9.47. The summed E-state index contributed by atoms with van der Waals surface area (Å²) in [5.41, 5.74) is 0.504. The summed E-state index contributed by atoms with van der Waals surface area (Å²) in [5, 5.41) is 7.19. The lowest BCUT2D eigenvalue weighted by Crippen LogP contribution is -2.57. The smallest absolute Gasteiger partial charge is 0.283 e. The van der Waals surface area contributed by atoms with Crippen LogP contribution in [0.3, 0.4) is 0 Å². The van der Waals surface area contributed by atoms with E-state index >= 15 is 0 Å². The fourth-order valence-electron chi connectivity index (χ4n) is 6.51. The first-order valence-electron chi connectivity index (χ1n) is 10.1. The van der Waals surface area contributed by atoms with Gasteiger partial charge in [0.2, 0.25) is 5.91 Å². The second-order valence-corrected chi connectivity index (χ2v) is 9.84. The number of halogens is 3. The molecule has 4 aliphatic carbocycles. The van der Waals surface area contributed by atoms with Crippen LogP contribution < -0.4 is 5.32 Å². The number of hydrogen-bond acceptors (Lipinski definition) is 2. The molecule has 4 saturated carbocycles. The predicted molar refractivity (Wildman–Crippen MR) is 102 cm³/mol. The summed E-state index contributed by atoms with van der Waals surface area (Å²) in [6.07, 6.45) is 6.10. The van der Waals surface area contributed by atoms with Gasteiger partial charge in [0, 0.05) is 6.04 Å². The Bertz CT molecular complexity index is 698. The molecule has 0 unspecified atom stereocenters. The Hall–Kier alpha value is -0.980. The van der Waals surface area contributed by atoms with Crippen LogP contribution in [0.1, 0.15) is 69.7 Å². The summed E-state index contributed by atoms with van der Waals surface area (Å²) < 4.78 is 27.8. The van der Waals surface area contributed by atoms with Crippen LogP contribution >= 0.6 is 15.9 Å². The van der Waals surface area contributed by atoms with E-state index in [1.54, 1.807) is 6.92 Å². The van der Waals surface area contributed by atoms with E-state index < -0.39 is 6.43 Å². The highest BCUT2D eigenvalue weighted by Gasteiger charge is 2.54. The molecule has 1 aromatic heterocycles. The van der Waals surface area contributed by atoms with Gasteiger partial charge in [0.05, 0.1) is 10.2 Å². The second-order valence-electron chi connectivity index (χ2n) is 9.05. The molecule has 1 N–H and O–H groups in total. The summed E-state index contributed by atoms with van der Waals surface area (Å²) in [4.78, 5) is 12.7. The summed E-state index contributed by atoms with van der Waals surface area (Å²) in [6, 6.07) is 0.173. The largest absolute Gasteiger partial charge is 0.351 e. The molecule has 0 radical (unpaired) electrons. The standard InChI is InChI=1S/C20H28BrF2N3O/c1-3-15(20-7-12-4-13(8-20)6-14(5-12)9-20)24-16(27)10-26-11(2)17(21)18(25-26)19(22)23/h12-15,19H,3-10H2,1-2H3,(H,24,27)/t12?,13?,14?,15-,20?/m1/s1. The number of aromatic nitrogens is 2. The number of hydrogen-bond donors (Lipinski definition) is 1. The molecule has 4 fully saturated rings. The number of amides is 1. The molecule has 1 atom stereocenters. The van der Waals surface area contributed by atoms with E-state index in [9.17, 15) is 13.6 Å². The first kappa shape index (κ1) is 19.3. The average molecular weight is 444 g/mol. The summed E-state index contributed by atoms with van der Waals surface area (Å²) in [7, 11) is 0. The van der Waals surface area contributed by atoms with Crippen molar-refractivity contribution in [2.45, 2.75) is 77.8 Å². The summed E-state index contributed by atoms with van der Waals surface area (Å²) in [5.74, 6) is 2.37. The molecule has 0 saturated heterocycles. The first-order chi connectivity index (χ1) is 12.8.